The van der Waals surface area contributed by atoms with E-state index >= 15 is 0 Å². The number of pyridine rings is 1. The highest BCUT2D eigenvalue weighted by atomic mass is 35.5. The van der Waals surface area contributed by atoms with Gasteiger partial charge in [0.2, 0.25) is 10.0 Å². The zero-order valence-electron chi connectivity index (χ0n) is 13.0. The maximum Gasteiger partial charge on any atom is 0.238 e. The summed E-state index contributed by atoms with van der Waals surface area (Å²) in [5.41, 5.74) is 5.10. The van der Waals surface area contributed by atoms with Gasteiger partial charge in [0.1, 0.15) is 5.15 Å². The first-order valence-electron chi connectivity index (χ1n) is 7.84. The van der Waals surface area contributed by atoms with Gasteiger partial charge in [0.15, 0.2) is 0 Å². The van der Waals surface area contributed by atoms with Crippen LogP contribution >= 0.6 is 11.6 Å². The SMILES string of the molecule is NS(=O)(=O)c1ccc(C2=C(c3ccc(Cl)nc3)CC3(CC3)C2)cc1. The molecule has 1 spiro atoms. The summed E-state index contributed by atoms with van der Waals surface area (Å²) in [4.78, 5) is 4.34. The smallest absolute Gasteiger partial charge is 0.238 e. The highest BCUT2D eigenvalue weighted by molar-refractivity contribution is 7.89. The predicted molar refractivity (Wildman–Crippen MR) is 94.8 cm³/mol. The van der Waals surface area contributed by atoms with Crippen molar-refractivity contribution in [2.75, 3.05) is 0 Å². The molecular weight excluding hydrogens is 344 g/mol. The first-order valence-corrected chi connectivity index (χ1v) is 9.76. The van der Waals surface area contributed by atoms with E-state index in [0.717, 1.165) is 24.0 Å². The standard InChI is InChI=1S/C18H17ClN2O2S/c19-17-6-3-13(11-21-17)16-10-18(7-8-18)9-15(16)12-1-4-14(5-2-12)24(20,22)23/h1-6,11H,7-10H2,(H2,20,22,23). The van der Waals surface area contributed by atoms with Crippen LogP contribution in [0.15, 0.2) is 47.5 Å². The molecule has 6 heteroatoms. The molecule has 4 nitrogen and oxygen atoms in total. The molecule has 1 aromatic carbocycles. The van der Waals surface area contributed by atoms with Crippen LogP contribution in [-0.2, 0) is 10.0 Å². The van der Waals surface area contributed by atoms with E-state index in [1.807, 2.05) is 30.5 Å². The Morgan fingerprint density at radius 3 is 2.04 bits per heavy atom. The fraction of sp³-hybridized carbons (Fsp3) is 0.278. The Hall–Kier alpha value is -1.69. The van der Waals surface area contributed by atoms with E-state index in [-0.39, 0.29) is 4.90 Å². The number of hydrogen-bond acceptors (Lipinski definition) is 3. The number of halogens is 1. The Morgan fingerprint density at radius 2 is 1.54 bits per heavy atom. The Kier molecular flexibility index (Phi) is 3.56. The summed E-state index contributed by atoms with van der Waals surface area (Å²) in [6.45, 7) is 0. The monoisotopic (exact) mass is 360 g/mol. The molecular formula is C18H17ClN2O2S. The normalized spacial score (nSPS) is 19.1. The van der Waals surface area contributed by atoms with Crippen molar-refractivity contribution in [1.82, 2.24) is 4.98 Å². The molecule has 0 unspecified atom stereocenters. The van der Waals surface area contributed by atoms with Crippen LogP contribution in [0.1, 0.15) is 36.8 Å². The van der Waals surface area contributed by atoms with Gasteiger partial charge in [-0.05, 0) is 71.6 Å². The number of nitrogens with zero attached hydrogens (tertiary/aromatic N) is 1. The lowest BCUT2D eigenvalue weighted by atomic mass is 9.98. The molecule has 0 saturated heterocycles. The van der Waals surface area contributed by atoms with Crippen molar-refractivity contribution in [2.24, 2.45) is 10.6 Å². The zero-order chi connectivity index (χ0) is 16.9. The van der Waals surface area contributed by atoms with Gasteiger partial charge < -0.3 is 0 Å². The number of sulfonamides is 1. The molecule has 4 rings (SSSR count). The van der Waals surface area contributed by atoms with Gasteiger partial charge in [-0.25, -0.2) is 18.5 Å². The highest BCUT2D eigenvalue weighted by Crippen LogP contribution is 2.63. The van der Waals surface area contributed by atoms with Gasteiger partial charge in [0, 0.05) is 6.20 Å². The van der Waals surface area contributed by atoms with Gasteiger partial charge in [-0.3, -0.25) is 0 Å². The molecule has 2 aliphatic rings. The largest absolute Gasteiger partial charge is 0.244 e. The Morgan fingerprint density at radius 1 is 0.958 bits per heavy atom. The summed E-state index contributed by atoms with van der Waals surface area (Å²) in [6, 6.07) is 10.7. The van der Waals surface area contributed by atoms with E-state index in [1.165, 1.54) is 24.0 Å². The Labute approximate surface area is 146 Å². The molecule has 2 aromatic rings. The molecule has 1 aromatic heterocycles. The summed E-state index contributed by atoms with van der Waals surface area (Å²) in [7, 11) is -3.66. The van der Waals surface area contributed by atoms with Crippen LogP contribution in [0.2, 0.25) is 5.15 Å². The fourth-order valence-corrected chi connectivity index (χ4v) is 4.14. The van der Waals surface area contributed by atoms with Crippen molar-refractivity contribution in [3.8, 4) is 0 Å². The van der Waals surface area contributed by atoms with Crippen LogP contribution in [-0.4, -0.2) is 13.4 Å². The average molecular weight is 361 g/mol. The van der Waals surface area contributed by atoms with Gasteiger partial charge >= 0.3 is 0 Å². The van der Waals surface area contributed by atoms with E-state index < -0.39 is 10.0 Å². The molecule has 2 N–H and O–H groups in total. The third-order valence-electron chi connectivity index (χ3n) is 5.03. The maximum atomic E-state index is 11.4. The van der Waals surface area contributed by atoms with Crippen LogP contribution in [0.4, 0.5) is 0 Å². The highest BCUT2D eigenvalue weighted by Gasteiger charge is 2.48. The summed E-state index contributed by atoms with van der Waals surface area (Å²) < 4.78 is 22.9. The predicted octanol–water partition coefficient (Wildman–Crippen LogP) is 3.87. The van der Waals surface area contributed by atoms with Gasteiger partial charge in [-0.15, -0.1) is 0 Å². The van der Waals surface area contributed by atoms with Crippen LogP contribution in [0, 0.1) is 5.41 Å². The quantitative estimate of drug-likeness (QED) is 0.844. The van der Waals surface area contributed by atoms with Crippen LogP contribution in [0.25, 0.3) is 11.1 Å². The molecule has 0 atom stereocenters. The zero-order valence-corrected chi connectivity index (χ0v) is 14.6. The summed E-state index contributed by atoms with van der Waals surface area (Å²) in [5.74, 6) is 0. The maximum absolute atomic E-state index is 11.4. The number of primary sulfonamides is 1. The molecule has 1 saturated carbocycles. The van der Waals surface area contributed by atoms with E-state index in [1.54, 1.807) is 12.1 Å². The van der Waals surface area contributed by atoms with E-state index in [9.17, 15) is 8.42 Å². The Bertz CT molecular complexity index is 928. The van der Waals surface area contributed by atoms with Gasteiger partial charge in [0.05, 0.1) is 4.90 Å². The minimum absolute atomic E-state index is 0.140. The van der Waals surface area contributed by atoms with Crippen molar-refractivity contribution >= 4 is 32.8 Å². The summed E-state index contributed by atoms with van der Waals surface area (Å²) >= 11 is 5.90. The number of benzene rings is 1. The second kappa shape index (κ2) is 5.41. The first-order chi connectivity index (χ1) is 11.4. The molecule has 1 fully saturated rings. The minimum atomic E-state index is -3.66. The lowest BCUT2D eigenvalue weighted by Crippen LogP contribution is -2.11. The van der Waals surface area contributed by atoms with Crippen LogP contribution in [0.5, 0.6) is 0 Å². The molecule has 0 aliphatic heterocycles. The van der Waals surface area contributed by atoms with E-state index in [0.29, 0.717) is 10.6 Å². The molecule has 2 aliphatic carbocycles. The Balaban J connectivity index is 1.77. The van der Waals surface area contributed by atoms with Crippen LogP contribution < -0.4 is 5.14 Å². The lowest BCUT2D eigenvalue weighted by molar-refractivity contribution is 0.568. The average Bonchev–Trinajstić information content (AvgIpc) is 3.19. The fourth-order valence-electron chi connectivity index (χ4n) is 3.51. The van der Waals surface area contributed by atoms with E-state index in [2.05, 4.69) is 4.98 Å². The molecule has 24 heavy (non-hydrogen) atoms. The molecule has 1 heterocycles. The number of nitrogens with two attached hydrogens (primary N) is 1. The van der Waals surface area contributed by atoms with Gasteiger partial charge in [-0.1, -0.05) is 29.8 Å². The van der Waals surface area contributed by atoms with E-state index in [4.69, 9.17) is 16.7 Å². The minimum Gasteiger partial charge on any atom is -0.244 e. The molecule has 0 radical (unpaired) electrons. The topological polar surface area (TPSA) is 73.1 Å². The summed E-state index contributed by atoms with van der Waals surface area (Å²) in [6.07, 6.45) is 6.38. The molecule has 124 valence electrons. The number of hydrogen-bond donors (Lipinski definition) is 1. The number of allylic oxidation sites excluding steroid dienone is 2. The van der Waals surface area contributed by atoms with Gasteiger partial charge in [0.25, 0.3) is 0 Å². The lowest BCUT2D eigenvalue weighted by Gasteiger charge is -2.09. The van der Waals surface area contributed by atoms with Crippen molar-refractivity contribution in [2.45, 2.75) is 30.6 Å². The third kappa shape index (κ3) is 2.88. The second-order valence-corrected chi connectivity index (χ2v) is 8.70. The summed E-state index contributed by atoms with van der Waals surface area (Å²) in [5, 5.41) is 5.67. The molecule has 0 bridgehead atoms. The number of rotatable bonds is 3. The first kappa shape index (κ1) is 15.8. The second-order valence-electron chi connectivity index (χ2n) is 6.75. The van der Waals surface area contributed by atoms with Crippen molar-refractivity contribution in [1.29, 1.82) is 0 Å². The van der Waals surface area contributed by atoms with Crippen molar-refractivity contribution in [3.63, 3.8) is 0 Å². The third-order valence-corrected chi connectivity index (χ3v) is 6.18. The number of aromatic nitrogens is 1. The molecule has 0 amide bonds. The van der Waals surface area contributed by atoms with Gasteiger partial charge in [-0.2, -0.15) is 0 Å². The van der Waals surface area contributed by atoms with Crippen molar-refractivity contribution in [3.05, 3.63) is 58.9 Å². The van der Waals surface area contributed by atoms with Crippen LogP contribution in [0.3, 0.4) is 0 Å². The van der Waals surface area contributed by atoms with Crippen molar-refractivity contribution < 1.29 is 8.42 Å².